The van der Waals surface area contributed by atoms with Crippen molar-refractivity contribution >= 4 is 50.1 Å². The maximum atomic E-state index is 12.1. The number of fused-ring (bicyclic) bond motifs is 1. The fourth-order valence-electron chi connectivity index (χ4n) is 2.37. The SMILES string of the molecule is CSc1ccccc1NC(=O)COc1ccc2cc(Br)ccc2c1. The van der Waals surface area contributed by atoms with Crippen molar-refractivity contribution in [2.75, 3.05) is 18.2 Å². The van der Waals surface area contributed by atoms with Crippen molar-refractivity contribution in [3.63, 3.8) is 0 Å². The second-order valence-corrected chi connectivity index (χ2v) is 6.95. The van der Waals surface area contributed by atoms with Crippen LogP contribution in [-0.2, 0) is 4.79 Å². The van der Waals surface area contributed by atoms with Crippen LogP contribution in [0.2, 0.25) is 0 Å². The first kappa shape index (κ1) is 16.9. The van der Waals surface area contributed by atoms with Crippen LogP contribution in [0, 0.1) is 0 Å². The van der Waals surface area contributed by atoms with E-state index in [0.29, 0.717) is 5.75 Å². The van der Waals surface area contributed by atoms with Crippen molar-refractivity contribution in [2.45, 2.75) is 4.90 Å². The number of hydrogen-bond acceptors (Lipinski definition) is 3. The summed E-state index contributed by atoms with van der Waals surface area (Å²) in [6.45, 7) is -0.0231. The molecule has 0 bridgehead atoms. The predicted molar refractivity (Wildman–Crippen MR) is 104 cm³/mol. The molecule has 0 spiro atoms. The summed E-state index contributed by atoms with van der Waals surface area (Å²) in [7, 11) is 0. The van der Waals surface area contributed by atoms with Crippen molar-refractivity contribution < 1.29 is 9.53 Å². The van der Waals surface area contributed by atoms with E-state index in [9.17, 15) is 4.79 Å². The lowest BCUT2D eigenvalue weighted by Crippen LogP contribution is -2.20. The standard InChI is InChI=1S/C19H16BrNO2S/c1-24-18-5-3-2-4-17(18)21-19(22)12-23-16-9-7-13-10-15(20)8-6-14(13)11-16/h2-11H,12H2,1H3,(H,21,22). The fraction of sp³-hybridized carbons (Fsp3) is 0.105. The maximum Gasteiger partial charge on any atom is 0.262 e. The number of carbonyl (C=O) groups is 1. The third-order valence-electron chi connectivity index (χ3n) is 3.52. The lowest BCUT2D eigenvalue weighted by molar-refractivity contribution is -0.118. The summed E-state index contributed by atoms with van der Waals surface area (Å²) in [4.78, 5) is 13.1. The van der Waals surface area contributed by atoms with Gasteiger partial charge in [-0.15, -0.1) is 11.8 Å². The number of para-hydroxylation sites is 1. The van der Waals surface area contributed by atoms with Crippen LogP contribution in [0.1, 0.15) is 0 Å². The van der Waals surface area contributed by atoms with E-state index >= 15 is 0 Å². The molecule has 0 radical (unpaired) electrons. The van der Waals surface area contributed by atoms with Gasteiger partial charge < -0.3 is 10.1 Å². The van der Waals surface area contributed by atoms with Gasteiger partial charge in [-0.25, -0.2) is 0 Å². The molecule has 1 amide bonds. The number of anilines is 1. The van der Waals surface area contributed by atoms with Crippen LogP contribution >= 0.6 is 27.7 Å². The highest BCUT2D eigenvalue weighted by atomic mass is 79.9. The Labute approximate surface area is 153 Å². The molecule has 0 atom stereocenters. The van der Waals surface area contributed by atoms with E-state index in [1.807, 2.05) is 66.9 Å². The zero-order valence-corrected chi connectivity index (χ0v) is 15.5. The molecule has 122 valence electrons. The minimum Gasteiger partial charge on any atom is -0.484 e. The minimum absolute atomic E-state index is 0.0231. The molecule has 0 aliphatic rings. The highest BCUT2D eigenvalue weighted by Crippen LogP contribution is 2.25. The molecule has 3 aromatic carbocycles. The number of nitrogens with one attached hydrogen (secondary N) is 1. The molecule has 0 saturated carbocycles. The number of hydrogen-bond donors (Lipinski definition) is 1. The molecule has 0 fully saturated rings. The minimum atomic E-state index is -0.174. The summed E-state index contributed by atoms with van der Waals surface area (Å²) >= 11 is 5.05. The molecule has 3 rings (SSSR count). The van der Waals surface area contributed by atoms with Gasteiger partial charge in [0.05, 0.1) is 5.69 Å². The zero-order chi connectivity index (χ0) is 16.9. The smallest absolute Gasteiger partial charge is 0.262 e. The van der Waals surface area contributed by atoms with Crippen LogP contribution in [0.5, 0.6) is 5.75 Å². The zero-order valence-electron chi connectivity index (χ0n) is 13.1. The van der Waals surface area contributed by atoms with Gasteiger partial charge in [-0.1, -0.05) is 40.2 Å². The Bertz CT molecular complexity index is 882. The van der Waals surface area contributed by atoms with Crippen LogP contribution in [0.15, 0.2) is 70.0 Å². The Balaban J connectivity index is 1.65. The number of benzene rings is 3. The monoisotopic (exact) mass is 401 g/mol. The van der Waals surface area contributed by atoms with Gasteiger partial charge in [0.1, 0.15) is 5.75 Å². The van der Waals surface area contributed by atoms with Crippen molar-refractivity contribution in [1.29, 1.82) is 0 Å². The first-order chi connectivity index (χ1) is 11.7. The number of amides is 1. The summed E-state index contributed by atoms with van der Waals surface area (Å²) < 4.78 is 6.66. The Morgan fingerprint density at radius 2 is 1.83 bits per heavy atom. The largest absolute Gasteiger partial charge is 0.484 e. The summed E-state index contributed by atoms with van der Waals surface area (Å²) in [6, 6.07) is 19.5. The quantitative estimate of drug-likeness (QED) is 0.586. The fourth-order valence-corrected chi connectivity index (χ4v) is 3.30. The Morgan fingerprint density at radius 3 is 2.67 bits per heavy atom. The van der Waals surface area contributed by atoms with E-state index in [2.05, 4.69) is 21.2 Å². The second-order valence-electron chi connectivity index (χ2n) is 5.19. The van der Waals surface area contributed by atoms with Crippen LogP contribution in [0.25, 0.3) is 10.8 Å². The molecule has 3 aromatic rings. The van der Waals surface area contributed by atoms with Crippen LogP contribution in [-0.4, -0.2) is 18.8 Å². The summed E-state index contributed by atoms with van der Waals surface area (Å²) in [5, 5.41) is 5.08. The van der Waals surface area contributed by atoms with Gasteiger partial charge in [-0.3, -0.25) is 4.79 Å². The molecule has 1 N–H and O–H groups in total. The third kappa shape index (κ3) is 4.10. The van der Waals surface area contributed by atoms with Crippen LogP contribution < -0.4 is 10.1 Å². The van der Waals surface area contributed by atoms with Crippen molar-refractivity contribution in [3.05, 3.63) is 65.1 Å². The molecule has 24 heavy (non-hydrogen) atoms. The summed E-state index contributed by atoms with van der Waals surface area (Å²) in [6.07, 6.45) is 1.98. The second kappa shape index (κ2) is 7.73. The Kier molecular flexibility index (Phi) is 5.43. The lowest BCUT2D eigenvalue weighted by atomic mass is 10.1. The van der Waals surface area contributed by atoms with E-state index in [4.69, 9.17) is 4.74 Å². The normalized spacial score (nSPS) is 10.6. The predicted octanol–water partition coefficient (Wildman–Crippen LogP) is 5.34. The average Bonchev–Trinajstić information content (AvgIpc) is 2.60. The van der Waals surface area contributed by atoms with Crippen molar-refractivity contribution in [1.82, 2.24) is 0 Å². The van der Waals surface area contributed by atoms with Gasteiger partial charge in [0.15, 0.2) is 6.61 Å². The van der Waals surface area contributed by atoms with Gasteiger partial charge in [-0.2, -0.15) is 0 Å². The van der Waals surface area contributed by atoms with Gasteiger partial charge in [0, 0.05) is 9.37 Å². The highest BCUT2D eigenvalue weighted by Gasteiger charge is 2.07. The van der Waals surface area contributed by atoms with Crippen molar-refractivity contribution in [2.24, 2.45) is 0 Å². The number of rotatable bonds is 5. The van der Waals surface area contributed by atoms with E-state index in [1.165, 1.54) is 0 Å². The lowest BCUT2D eigenvalue weighted by Gasteiger charge is -2.10. The molecule has 0 aliphatic carbocycles. The molecular weight excluding hydrogens is 386 g/mol. The molecule has 0 heterocycles. The number of ether oxygens (including phenoxy) is 1. The van der Waals surface area contributed by atoms with E-state index in [0.717, 1.165) is 25.8 Å². The summed E-state index contributed by atoms with van der Waals surface area (Å²) in [5.74, 6) is 0.505. The Hall–Kier alpha value is -1.98. The molecule has 0 aliphatic heterocycles. The van der Waals surface area contributed by atoms with Gasteiger partial charge >= 0.3 is 0 Å². The molecule has 0 saturated heterocycles. The first-order valence-electron chi connectivity index (χ1n) is 7.41. The van der Waals surface area contributed by atoms with Gasteiger partial charge in [0.2, 0.25) is 0 Å². The Morgan fingerprint density at radius 1 is 1.08 bits per heavy atom. The molecule has 0 aromatic heterocycles. The molecule has 3 nitrogen and oxygen atoms in total. The first-order valence-corrected chi connectivity index (χ1v) is 9.42. The topological polar surface area (TPSA) is 38.3 Å². The molecular formula is C19H16BrNO2S. The van der Waals surface area contributed by atoms with Crippen molar-refractivity contribution in [3.8, 4) is 5.75 Å². The maximum absolute atomic E-state index is 12.1. The van der Waals surface area contributed by atoms with Crippen LogP contribution in [0.4, 0.5) is 5.69 Å². The highest BCUT2D eigenvalue weighted by molar-refractivity contribution is 9.10. The van der Waals surface area contributed by atoms with Gasteiger partial charge in [-0.05, 0) is 53.4 Å². The summed E-state index contributed by atoms with van der Waals surface area (Å²) in [5.41, 5.74) is 0.807. The number of carbonyl (C=O) groups excluding carboxylic acids is 1. The number of halogens is 1. The van der Waals surface area contributed by atoms with E-state index < -0.39 is 0 Å². The van der Waals surface area contributed by atoms with Crippen LogP contribution in [0.3, 0.4) is 0 Å². The number of thioether (sulfide) groups is 1. The third-order valence-corrected chi connectivity index (χ3v) is 4.81. The van der Waals surface area contributed by atoms with E-state index in [-0.39, 0.29) is 12.5 Å². The average molecular weight is 402 g/mol. The molecule has 5 heteroatoms. The van der Waals surface area contributed by atoms with Gasteiger partial charge in [0.25, 0.3) is 5.91 Å². The van der Waals surface area contributed by atoms with E-state index in [1.54, 1.807) is 11.8 Å². The molecule has 0 unspecified atom stereocenters.